The predicted molar refractivity (Wildman–Crippen MR) is 119 cm³/mol. The van der Waals surface area contributed by atoms with Crippen molar-refractivity contribution in [1.82, 2.24) is 14.8 Å². The van der Waals surface area contributed by atoms with Gasteiger partial charge in [-0.1, -0.05) is 25.1 Å². The van der Waals surface area contributed by atoms with Crippen molar-refractivity contribution < 1.29 is 4.79 Å². The first-order valence-corrected chi connectivity index (χ1v) is 11.3. The second kappa shape index (κ2) is 7.34. The number of hydrogen-bond donors (Lipinski definition) is 1. The number of amides is 1. The summed E-state index contributed by atoms with van der Waals surface area (Å²) in [5.74, 6) is 0.183. The first-order chi connectivity index (χ1) is 13.4. The maximum absolute atomic E-state index is 13.2. The van der Waals surface area contributed by atoms with Crippen LogP contribution in [0.1, 0.15) is 45.2 Å². The van der Waals surface area contributed by atoms with Crippen molar-refractivity contribution in [3.05, 3.63) is 40.0 Å². The highest BCUT2D eigenvalue weighted by Crippen LogP contribution is 2.49. The van der Waals surface area contributed by atoms with Crippen LogP contribution in [0.5, 0.6) is 0 Å². The van der Waals surface area contributed by atoms with Crippen LogP contribution in [0.4, 0.5) is 0 Å². The minimum atomic E-state index is -0.0813. The molecule has 1 aromatic heterocycles. The summed E-state index contributed by atoms with van der Waals surface area (Å²) in [5.41, 5.74) is 5.05. The van der Waals surface area contributed by atoms with Gasteiger partial charge in [0.2, 0.25) is 5.91 Å². The predicted octanol–water partition coefficient (Wildman–Crippen LogP) is 4.84. The van der Waals surface area contributed by atoms with Crippen molar-refractivity contribution in [1.29, 1.82) is 0 Å². The summed E-state index contributed by atoms with van der Waals surface area (Å²) < 4.78 is 1.09. The van der Waals surface area contributed by atoms with E-state index in [4.69, 9.17) is 0 Å². The lowest BCUT2D eigenvalue weighted by atomic mass is 9.70. The highest BCUT2D eigenvalue weighted by molar-refractivity contribution is 9.10. The Balaban J connectivity index is 1.89. The van der Waals surface area contributed by atoms with E-state index in [9.17, 15) is 4.79 Å². The molecule has 1 aliphatic carbocycles. The van der Waals surface area contributed by atoms with Gasteiger partial charge in [0, 0.05) is 36.1 Å². The number of nitrogens with one attached hydrogen (secondary N) is 1. The number of H-pyrrole nitrogens is 1. The van der Waals surface area contributed by atoms with Crippen molar-refractivity contribution in [2.24, 2.45) is 5.92 Å². The van der Waals surface area contributed by atoms with Gasteiger partial charge in [-0.3, -0.25) is 9.69 Å². The second-order valence-corrected chi connectivity index (χ2v) is 9.03. The van der Waals surface area contributed by atoms with Crippen molar-refractivity contribution >= 4 is 38.3 Å². The Morgan fingerprint density at radius 2 is 2.07 bits per heavy atom. The number of carbonyl (C=O) groups is 1. The smallest absolute Gasteiger partial charge is 0.230 e. The van der Waals surface area contributed by atoms with Gasteiger partial charge < -0.3 is 9.88 Å². The molecule has 150 valence electrons. The first-order valence-electron chi connectivity index (χ1n) is 10.5. The molecule has 1 amide bonds. The summed E-state index contributed by atoms with van der Waals surface area (Å²) in [5, 5.41) is 1.31. The van der Waals surface area contributed by atoms with Gasteiger partial charge >= 0.3 is 0 Å². The number of hydrogen-bond acceptors (Lipinski definition) is 2. The van der Waals surface area contributed by atoms with Gasteiger partial charge in [0.05, 0.1) is 10.5 Å². The molecule has 1 aliphatic heterocycles. The molecule has 0 bridgehead atoms. The van der Waals surface area contributed by atoms with E-state index in [1.807, 2.05) is 4.90 Å². The Morgan fingerprint density at radius 1 is 1.32 bits per heavy atom. The van der Waals surface area contributed by atoms with Gasteiger partial charge in [0.25, 0.3) is 0 Å². The van der Waals surface area contributed by atoms with E-state index in [1.165, 1.54) is 27.6 Å². The van der Waals surface area contributed by atoms with Gasteiger partial charge in [-0.15, -0.1) is 0 Å². The van der Waals surface area contributed by atoms with Gasteiger partial charge in [0.15, 0.2) is 0 Å². The fraction of sp³-hybridized carbons (Fsp3) is 0.522. The highest BCUT2D eigenvalue weighted by atomic mass is 79.9. The molecule has 0 spiro atoms. The Bertz CT molecular complexity index is 943. The number of halogens is 1. The standard InChI is InChI=1S/C23H30BrN3O/c1-5-11-27-14-15(22(28)26(6-2)7-3)12-18-16-9-8-10-19-20(16)17(21(24)25-19)13-23(18,27)4/h8-10,12,15,25H,5-7,11,13-14H2,1-4H3/t15-,23?/m1/s1. The molecule has 0 saturated heterocycles. The average molecular weight is 444 g/mol. The van der Waals surface area contributed by atoms with E-state index in [1.54, 1.807) is 0 Å². The molecule has 0 radical (unpaired) electrons. The largest absolute Gasteiger partial charge is 0.349 e. The Morgan fingerprint density at radius 3 is 2.75 bits per heavy atom. The molecule has 2 aliphatic rings. The van der Waals surface area contributed by atoms with Gasteiger partial charge in [-0.2, -0.15) is 0 Å². The third kappa shape index (κ3) is 2.86. The quantitative estimate of drug-likeness (QED) is 0.717. The third-order valence-electron chi connectivity index (χ3n) is 6.64. The molecule has 2 aromatic rings. The lowest BCUT2D eigenvalue weighted by Crippen LogP contribution is -2.56. The lowest BCUT2D eigenvalue weighted by Gasteiger charge is -2.50. The van der Waals surface area contributed by atoms with E-state index in [2.05, 4.69) is 77.8 Å². The lowest BCUT2D eigenvalue weighted by molar-refractivity contribution is -0.134. The second-order valence-electron chi connectivity index (χ2n) is 8.24. The summed E-state index contributed by atoms with van der Waals surface area (Å²) in [6, 6.07) is 6.49. The zero-order chi connectivity index (χ0) is 20.1. The molecular formula is C23H30BrN3O. The SMILES string of the molecule is CCCN1C[C@H](C(=O)N(CC)CC)C=C2c3cccc4[nH]c(Br)c(c34)CC21C. The summed E-state index contributed by atoms with van der Waals surface area (Å²) in [7, 11) is 0. The molecule has 2 heterocycles. The zero-order valence-electron chi connectivity index (χ0n) is 17.3. The van der Waals surface area contributed by atoms with Crippen LogP contribution in [-0.2, 0) is 11.2 Å². The number of aromatic amines is 1. The topological polar surface area (TPSA) is 39.3 Å². The van der Waals surface area contributed by atoms with Crippen molar-refractivity contribution in [2.45, 2.75) is 46.1 Å². The van der Waals surface area contributed by atoms with E-state index >= 15 is 0 Å². The molecule has 2 atom stereocenters. The van der Waals surface area contributed by atoms with Crippen LogP contribution in [0.25, 0.3) is 16.5 Å². The molecule has 5 heteroatoms. The minimum Gasteiger partial charge on any atom is -0.349 e. The summed E-state index contributed by atoms with van der Waals surface area (Å²) in [6.45, 7) is 12.1. The number of carbonyl (C=O) groups excluding carboxylic acids is 1. The normalized spacial score (nSPS) is 24.2. The molecule has 0 saturated carbocycles. The first kappa shape index (κ1) is 19.7. The average Bonchev–Trinajstić information content (AvgIpc) is 3.00. The molecule has 4 nitrogen and oxygen atoms in total. The third-order valence-corrected chi connectivity index (χ3v) is 7.31. The fourth-order valence-corrected chi connectivity index (χ4v) is 5.73. The Kier molecular flexibility index (Phi) is 5.17. The zero-order valence-corrected chi connectivity index (χ0v) is 18.9. The van der Waals surface area contributed by atoms with E-state index in [0.29, 0.717) is 0 Å². The summed E-state index contributed by atoms with van der Waals surface area (Å²) in [4.78, 5) is 21.2. The number of fused-ring (bicyclic) bond motifs is 2. The molecule has 4 rings (SSSR count). The fourth-order valence-electron chi connectivity index (χ4n) is 5.18. The van der Waals surface area contributed by atoms with Crippen molar-refractivity contribution in [3.8, 4) is 0 Å². The van der Waals surface area contributed by atoms with Crippen LogP contribution in [0.15, 0.2) is 28.9 Å². The van der Waals surface area contributed by atoms with Crippen LogP contribution in [0.2, 0.25) is 0 Å². The van der Waals surface area contributed by atoms with Gasteiger partial charge in [-0.05, 0) is 78.9 Å². The Hall–Kier alpha value is -1.59. The molecule has 28 heavy (non-hydrogen) atoms. The monoisotopic (exact) mass is 443 g/mol. The number of rotatable bonds is 5. The Labute approximate surface area is 176 Å². The van der Waals surface area contributed by atoms with Gasteiger partial charge in [-0.25, -0.2) is 0 Å². The van der Waals surface area contributed by atoms with E-state index < -0.39 is 0 Å². The molecule has 1 aromatic carbocycles. The maximum Gasteiger partial charge on any atom is 0.230 e. The summed E-state index contributed by atoms with van der Waals surface area (Å²) in [6.07, 6.45) is 4.33. The van der Waals surface area contributed by atoms with Crippen LogP contribution in [0.3, 0.4) is 0 Å². The molecule has 0 fully saturated rings. The van der Waals surface area contributed by atoms with E-state index in [0.717, 1.165) is 43.6 Å². The molecule has 1 unspecified atom stereocenters. The minimum absolute atomic E-state index is 0.0753. The number of benzene rings is 1. The van der Waals surface area contributed by atoms with Crippen LogP contribution < -0.4 is 0 Å². The van der Waals surface area contributed by atoms with E-state index in [-0.39, 0.29) is 17.4 Å². The van der Waals surface area contributed by atoms with Crippen molar-refractivity contribution in [2.75, 3.05) is 26.2 Å². The van der Waals surface area contributed by atoms with Crippen LogP contribution >= 0.6 is 15.9 Å². The molecule has 1 N–H and O–H groups in total. The number of aromatic nitrogens is 1. The molecular weight excluding hydrogens is 414 g/mol. The van der Waals surface area contributed by atoms with Crippen LogP contribution in [0, 0.1) is 5.92 Å². The summed E-state index contributed by atoms with van der Waals surface area (Å²) >= 11 is 3.76. The maximum atomic E-state index is 13.2. The highest BCUT2D eigenvalue weighted by Gasteiger charge is 2.46. The van der Waals surface area contributed by atoms with Crippen LogP contribution in [-0.4, -0.2) is 52.4 Å². The van der Waals surface area contributed by atoms with Crippen molar-refractivity contribution in [3.63, 3.8) is 0 Å². The number of nitrogens with zero attached hydrogens (tertiary/aromatic N) is 2. The van der Waals surface area contributed by atoms with Gasteiger partial charge in [0.1, 0.15) is 0 Å².